The molecule has 0 aliphatic heterocycles. The molecule has 7 nitrogen and oxygen atoms in total. The third-order valence-corrected chi connectivity index (χ3v) is 7.13. The van der Waals surface area contributed by atoms with E-state index in [9.17, 15) is 18.0 Å². The highest BCUT2D eigenvalue weighted by Gasteiger charge is 2.31. The van der Waals surface area contributed by atoms with Gasteiger partial charge in [0.05, 0.1) is 11.9 Å². The van der Waals surface area contributed by atoms with E-state index in [-0.39, 0.29) is 18.5 Å². The van der Waals surface area contributed by atoms with Gasteiger partial charge in [-0.1, -0.05) is 42.8 Å². The zero-order valence-electron chi connectivity index (χ0n) is 20.6. The van der Waals surface area contributed by atoms with E-state index >= 15 is 0 Å². The molecule has 186 valence electrons. The van der Waals surface area contributed by atoms with E-state index < -0.39 is 28.5 Å². The van der Waals surface area contributed by atoms with Crippen LogP contribution in [-0.4, -0.2) is 50.0 Å². The summed E-state index contributed by atoms with van der Waals surface area (Å²) in [4.78, 5) is 27.9. The molecule has 1 N–H and O–H groups in total. The fourth-order valence-corrected chi connectivity index (χ4v) is 4.44. The van der Waals surface area contributed by atoms with Gasteiger partial charge in [0.25, 0.3) is 0 Å². The SMILES string of the molecule is CC[C@@H](C)NC(=O)[C@H](C)N(Cc1ccc(Cl)cc1)C(=O)CN(c1cc(C)ccc1C)S(C)(=O)=O. The van der Waals surface area contributed by atoms with E-state index in [0.717, 1.165) is 33.7 Å². The van der Waals surface area contributed by atoms with Gasteiger partial charge in [-0.05, 0) is 69.0 Å². The lowest BCUT2D eigenvalue weighted by molar-refractivity contribution is -0.139. The summed E-state index contributed by atoms with van der Waals surface area (Å²) in [6.07, 6.45) is 1.82. The molecule has 9 heteroatoms. The van der Waals surface area contributed by atoms with E-state index in [1.54, 1.807) is 44.2 Å². The van der Waals surface area contributed by atoms with Crippen LogP contribution in [0.15, 0.2) is 42.5 Å². The van der Waals surface area contributed by atoms with Crippen molar-refractivity contribution in [3.8, 4) is 0 Å². The lowest BCUT2D eigenvalue weighted by Crippen LogP contribution is -2.52. The molecular weight excluding hydrogens is 474 g/mol. The second kappa shape index (κ2) is 11.7. The Morgan fingerprint density at radius 1 is 1.06 bits per heavy atom. The molecule has 0 saturated heterocycles. The predicted molar refractivity (Wildman–Crippen MR) is 137 cm³/mol. The van der Waals surface area contributed by atoms with Gasteiger partial charge >= 0.3 is 0 Å². The largest absolute Gasteiger partial charge is 0.352 e. The number of carbonyl (C=O) groups is 2. The highest BCUT2D eigenvalue weighted by Crippen LogP contribution is 2.24. The van der Waals surface area contributed by atoms with Crippen LogP contribution >= 0.6 is 11.6 Å². The number of amides is 2. The quantitative estimate of drug-likeness (QED) is 0.525. The number of sulfonamides is 1. The Bertz CT molecular complexity index is 1120. The Hall–Kier alpha value is -2.58. The Labute approximate surface area is 208 Å². The molecule has 0 spiro atoms. The minimum absolute atomic E-state index is 0.0510. The number of hydrogen-bond acceptors (Lipinski definition) is 4. The van der Waals surface area contributed by atoms with Crippen molar-refractivity contribution in [2.45, 2.75) is 59.7 Å². The van der Waals surface area contributed by atoms with Crippen LogP contribution in [0.5, 0.6) is 0 Å². The molecule has 0 heterocycles. The van der Waals surface area contributed by atoms with Crippen molar-refractivity contribution >= 4 is 39.1 Å². The lowest BCUT2D eigenvalue weighted by Gasteiger charge is -2.32. The maximum atomic E-state index is 13.6. The van der Waals surface area contributed by atoms with Gasteiger partial charge in [0.15, 0.2) is 0 Å². The fraction of sp³-hybridized carbons (Fsp3) is 0.440. The van der Waals surface area contributed by atoms with Crippen LogP contribution in [0.3, 0.4) is 0 Å². The zero-order chi connectivity index (χ0) is 25.6. The van der Waals surface area contributed by atoms with E-state index in [1.165, 1.54) is 4.90 Å². The molecular formula is C25H34ClN3O4S. The topological polar surface area (TPSA) is 86.8 Å². The number of carbonyl (C=O) groups excluding carboxylic acids is 2. The first-order chi connectivity index (χ1) is 15.8. The van der Waals surface area contributed by atoms with Crippen molar-refractivity contribution in [2.24, 2.45) is 0 Å². The Morgan fingerprint density at radius 3 is 2.24 bits per heavy atom. The van der Waals surface area contributed by atoms with Crippen LogP contribution in [-0.2, 0) is 26.2 Å². The highest BCUT2D eigenvalue weighted by molar-refractivity contribution is 7.92. The second-order valence-electron chi connectivity index (χ2n) is 8.70. The third-order valence-electron chi connectivity index (χ3n) is 5.75. The van der Waals surface area contributed by atoms with Gasteiger partial charge in [-0.15, -0.1) is 0 Å². The maximum Gasteiger partial charge on any atom is 0.244 e. The van der Waals surface area contributed by atoms with Crippen LogP contribution in [0.1, 0.15) is 43.9 Å². The summed E-state index contributed by atoms with van der Waals surface area (Å²) in [5.41, 5.74) is 2.83. The van der Waals surface area contributed by atoms with Crippen LogP contribution in [0.25, 0.3) is 0 Å². The first-order valence-corrected chi connectivity index (χ1v) is 13.4. The number of anilines is 1. The molecule has 0 aliphatic carbocycles. The van der Waals surface area contributed by atoms with Crippen LogP contribution in [0.2, 0.25) is 5.02 Å². The zero-order valence-corrected chi connectivity index (χ0v) is 22.2. The molecule has 0 fully saturated rings. The molecule has 0 radical (unpaired) electrons. The number of halogens is 1. The van der Waals surface area contributed by atoms with Crippen LogP contribution in [0, 0.1) is 13.8 Å². The summed E-state index contributed by atoms with van der Waals surface area (Å²) in [6, 6.07) is 11.6. The van der Waals surface area contributed by atoms with Crippen LogP contribution < -0.4 is 9.62 Å². The summed E-state index contributed by atoms with van der Waals surface area (Å²) in [7, 11) is -3.77. The molecule has 0 bridgehead atoms. The Kier molecular flexibility index (Phi) is 9.53. The molecule has 2 amide bonds. The summed E-state index contributed by atoms with van der Waals surface area (Å²) in [5, 5.41) is 3.46. The van der Waals surface area contributed by atoms with Crippen molar-refractivity contribution in [1.29, 1.82) is 0 Å². The van der Waals surface area contributed by atoms with Gasteiger partial charge < -0.3 is 10.2 Å². The third kappa shape index (κ3) is 7.46. The van der Waals surface area contributed by atoms with Crippen molar-refractivity contribution < 1.29 is 18.0 Å². The molecule has 0 saturated carbocycles. The predicted octanol–water partition coefficient (Wildman–Crippen LogP) is 4.05. The monoisotopic (exact) mass is 507 g/mol. The van der Waals surface area contributed by atoms with E-state index in [0.29, 0.717) is 10.7 Å². The minimum Gasteiger partial charge on any atom is -0.352 e. The second-order valence-corrected chi connectivity index (χ2v) is 11.0. The summed E-state index contributed by atoms with van der Waals surface area (Å²) < 4.78 is 26.5. The standard InChI is InChI=1S/C25H34ClN3O4S/c1-7-19(4)27-25(31)20(5)28(15-21-10-12-22(26)13-11-21)24(30)16-29(34(6,32)33)23-14-17(2)8-9-18(23)3/h8-14,19-20H,7,15-16H2,1-6H3,(H,27,31)/t19-,20+/m1/s1. The van der Waals surface area contributed by atoms with Crippen molar-refractivity contribution in [2.75, 3.05) is 17.1 Å². The van der Waals surface area contributed by atoms with Gasteiger partial charge in [-0.2, -0.15) is 0 Å². The molecule has 0 unspecified atom stereocenters. The average molecular weight is 508 g/mol. The Morgan fingerprint density at radius 2 is 1.68 bits per heavy atom. The minimum atomic E-state index is -3.77. The summed E-state index contributed by atoms with van der Waals surface area (Å²) >= 11 is 5.99. The molecule has 2 atom stereocenters. The average Bonchev–Trinajstić information content (AvgIpc) is 2.77. The number of nitrogens with zero attached hydrogens (tertiary/aromatic N) is 2. The summed E-state index contributed by atoms with van der Waals surface area (Å²) in [6.45, 7) is 8.87. The molecule has 2 aromatic carbocycles. The van der Waals surface area contributed by atoms with Crippen molar-refractivity contribution in [1.82, 2.24) is 10.2 Å². The fourth-order valence-electron chi connectivity index (χ4n) is 3.42. The van der Waals surface area contributed by atoms with E-state index in [2.05, 4.69) is 5.32 Å². The van der Waals surface area contributed by atoms with Crippen molar-refractivity contribution in [3.05, 3.63) is 64.2 Å². The highest BCUT2D eigenvalue weighted by atomic mass is 35.5. The maximum absolute atomic E-state index is 13.6. The first kappa shape index (κ1) is 27.7. The van der Waals surface area contributed by atoms with E-state index in [1.807, 2.05) is 32.9 Å². The van der Waals surface area contributed by atoms with Crippen molar-refractivity contribution in [3.63, 3.8) is 0 Å². The molecule has 2 aromatic rings. The van der Waals surface area contributed by atoms with Gasteiger partial charge in [-0.25, -0.2) is 8.42 Å². The molecule has 0 aromatic heterocycles. The van der Waals surface area contributed by atoms with Gasteiger partial charge in [-0.3, -0.25) is 13.9 Å². The van der Waals surface area contributed by atoms with Gasteiger partial charge in [0, 0.05) is 17.6 Å². The Balaban J connectivity index is 2.42. The molecule has 2 rings (SSSR count). The number of nitrogens with one attached hydrogen (secondary N) is 1. The molecule has 34 heavy (non-hydrogen) atoms. The summed E-state index contributed by atoms with van der Waals surface area (Å²) in [5.74, 6) is -0.776. The van der Waals surface area contributed by atoms with Gasteiger partial charge in [0.1, 0.15) is 12.6 Å². The lowest BCUT2D eigenvalue weighted by atomic mass is 10.1. The van der Waals surface area contributed by atoms with Gasteiger partial charge in [0.2, 0.25) is 21.8 Å². The smallest absolute Gasteiger partial charge is 0.244 e. The van der Waals surface area contributed by atoms with E-state index in [4.69, 9.17) is 11.6 Å². The number of aryl methyl sites for hydroxylation is 2. The molecule has 0 aliphatic rings. The number of hydrogen-bond donors (Lipinski definition) is 1. The number of benzene rings is 2. The number of rotatable bonds is 10. The van der Waals surface area contributed by atoms with Crippen LogP contribution in [0.4, 0.5) is 5.69 Å². The normalized spacial score (nSPS) is 13.1. The first-order valence-electron chi connectivity index (χ1n) is 11.2.